The molecule has 2 heteroatoms. The lowest BCUT2D eigenvalue weighted by Gasteiger charge is -2.59. The second-order valence-corrected chi connectivity index (χ2v) is 13.2. The van der Waals surface area contributed by atoms with Gasteiger partial charge < -0.3 is 9.47 Å². The lowest BCUT2D eigenvalue weighted by atomic mass is 9.44. The molecule has 1 heterocycles. The van der Waals surface area contributed by atoms with Crippen LogP contribution in [0.2, 0.25) is 0 Å². The Balaban J connectivity index is 1.32. The Hall–Kier alpha value is -0.0800. The highest BCUT2D eigenvalue weighted by molar-refractivity contribution is 5.24. The third-order valence-corrected chi connectivity index (χ3v) is 11.6. The summed E-state index contributed by atoms with van der Waals surface area (Å²) >= 11 is 0. The van der Waals surface area contributed by atoms with Gasteiger partial charge in [0.05, 0.1) is 12.2 Å². The van der Waals surface area contributed by atoms with Crippen molar-refractivity contribution in [3.63, 3.8) is 0 Å². The fraction of sp³-hybridized carbons (Fsp3) is 1.00. The van der Waals surface area contributed by atoms with Gasteiger partial charge in [-0.3, -0.25) is 0 Å². The molecular formula is C28H48O2. The van der Waals surface area contributed by atoms with Crippen LogP contribution in [0.4, 0.5) is 0 Å². The van der Waals surface area contributed by atoms with Gasteiger partial charge in [-0.25, -0.2) is 0 Å². The zero-order chi connectivity index (χ0) is 21.3. The predicted molar refractivity (Wildman–Crippen MR) is 123 cm³/mol. The Morgan fingerprint density at radius 1 is 0.967 bits per heavy atom. The van der Waals surface area contributed by atoms with Crippen LogP contribution in [-0.2, 0) is 9.47 Å². The van der Waals surface area contributed by atoms with Crippen molar-refractivity contribution in [2.75, 3.05) is 7.11 Å². The van der Waals surface area contributed by atoms with E-state index in [9.17, 15) is 0 Å². The average Bonchev–Trinajstić information content (AvgIpc) is 3.28. The van der Waals surface area contributed by atoms with Crippen molar-refractivity contribution in [3.8, 4) is 0 Å². The van der Waals surface area contributed by atoms with E-state index in [-0.39, 0.29) is 5.60 Å². The first-order valence-electron chi connectivity index (χ1n) is 13.5. The van der Waals surface area contributed by atoms with Gasteiger partial charge in [-0.05, 0) is 85.9 Å². The highest BCUT2D eigenvalue weighted by atomic mass is 16.6. The molecule has 0 unspecified atom stereocenters. The summed E-state index contributed by atoms with van der Waals surface area (Å²) in [6, 6.07) is 0. The number of ether oxygens (including phenoxy) is 2. The molecule has 2 nitrogen and oxygen atoms in total. The molecule has 1 saturated heterocycles. The predicted octanol–water partition coefficient (Wildman–Crippen LogP) is 7.25. The molecule has 1 aliphatic heterocycles. The van der Waals surface area contributed by atoms with Crippen LogP contribution in [-0.4, -0.2) is 24.9 Å². The lowest BCUT2D eigenvalue weighted by molar-refractivity contribution is -0.121. The fourth-order valence-corrected chi connectivity index (χ4v) is 9.87. The quantitative estimate of drug-likeness (QED) is 0.425. The van der Waals surface area contributed by atoms with Gasteiger partial charge in [-0.2, -0.15) is 0 Å². The molecule has 0 aromatic rings. The molecule has 5 rings (SSSR count). The Labute approximate surface area is 186 Å². The van der Waals surface area contributed by atoms with Crippen LogP contribution < -0.4 is 0 Å². The Bertz CT molecular complexity index is 645. The molecule has 5 aliphatic rings. The molecule has 0 N–H and O–H groups in total. The van der Waals surface area contributed by atoms with Gasteiger partial charge in [0.25, 0.3) is 0 Å². The third-order valence-electron chi connectivity index (χ3n) is 11.6. The van der Waals surface area contributed by atoms with Crippen LogP contribution in [0.5, 0.6) is 0 Å². The largest absolute Gasteiger partial charge is 0.381 e. The lowest BCUT2D eigenvalue weighted by Crippen LogP contribution is -2.58. The molecule has 0 amide bonds. The summed E-state index contributed by atoms with van der Waals surface area (Å²) in [5, 5.41) is 0. The van der Waals surface area contributed by atoms with E-state index in [0.717, 1.165) is 41.9 Å². The number of methoxy groups -OCH3 is 1. The molecular weight excluding hydrogens is 368 g/mol. The van der Waals surface area contributed by atoms with E-state index in [4.69, 9.17) is 9.47 Å². The number of rotatable bonds is 6. The molecule has 1 spiro atoms. The van der Waals surface area contributed by atoms with Crippen molar-refractivity contribution in [2.45, 2.75) is 123 Å². The van der Waals surface area contributed by atoms with Crippen molar-refractivity contribution < 1.29 is 9.47 Å². The van der Waals surface area contributed by atoms with Gasteiger partial charge >= 0.3 is 0 Å². The van der Waals surface area contributed by atoms with Gasteiger partial charge in [-0.15, -0.1) is 0 Å². The smallest absolute Gasteiger partial charge is 0.103 e. The van der Waals surface area contributed by atoms with Crippen LogP contribution in [0, 0.1) is 46.3 Å². The Kier molecular flexibility index (Phi) is 5.42. The fourth-order valence-electron chi connectivity index (χ4n) is 9.87. The average molecular weight is 417 g/mol. The maximum atomic E-state index is 6.65. The molecule has 0 aromatic heterocycles. The molecule has 10 atom stereocenters. The molecule has 0 bridgehead atoms. The summed E-state index contributed by atoms with van der Waals surface area (Å²) in [6.45, 7) is 12.7. The maximum Gasteiger partial charge on any atom is 0.103 e. The summed E-state index contributed by atoms with van der Waals surface area (Å²) in [5.41, 5.74) is 1.16. The van der Waals surface area contributed by atoms with Crippen molar-refractivity contribution in [1.29, 1.82) is 0 Å². The molecule has 4 aliphatic carbocycles. The van der Waals surface area contributed by atoms with Crippen LogP contribution in [0.25, 0.3) is 0 Å². The van der Waals surface area contributed by atoms with Crippen molar-refractivity contribution in [1.82, 2.24) is 0 Å². The molecule has 4 saturated carbocycles. The van der Waals surface area contributed by atoms with Crippen molar-refractivity contribution in [2.24, 2.45) is 46.3 Å². The van der Waals surface area contributed by atoms with E-state index in [2.05, 4.69) is 34.6 Å². The van der Waals surface area contributed by atoms with Gasteiger partial charge in [0.2, 0.25) is 0 Å². The minimum Gasteiger partial charge on any atom is -0.381 e. The second kappa shape index (κ2) is 7.47. The minimum absolute atomic E-state index is 0.170. The first-order valence-corrected chi connectivity index (χ1v) is 13.5. The van der Waals surface area contributed by atoms with E-state index in [1.54, 1.807) is 0 Å². The first-order chi connectivity index (χ1) is 14.2. The zero-order valence-electron chi connectivity index (χ0n) is 20.7. The van der Waals surface area contributed by atoms with Crippen LogP contribution >= 0.6 is 0 Å². The summed E-state index contributed by atoms with van der Waals surface area (Å²) < 4.78 is 12.5. The summed E-state index contributed by atoms with van der Waals surface area (Å²) in [6.07, 6.45) is 16.2. The van der Waals surface area contributed by atoms with E-state index in [1.165, 1.54) is 64.2 Å². The van der Waals surface area contributed by atoms with Crippen molar-refractivity contribution >= 4 is 0 Å². The standard InChI is InChI=1S/C28H48O2/c1-18(2)8-7-9-19(3)22-10-11-23-21-16-25-28(30-25)17-20(29-6)12-15-27(28,5)24(21)13-14-26(22,23)4/h18-25H,7-17H2,1-6H3/t19-,20-,21-,22+,23+,24-,25+,26-,27-,28+/m1/s1. The number of hydrogen-bond acceptors (Lipinski definition) is 2. The number of hydrogen-bond donors (Lipinski definition) is 0. The monoisotopic (exact) mass is 416 g/mol. The first kappa shape index (κ1) is 21.7. The van der Waals surface area contributed by atoms with E-state index in [1.807, 2.05) is 7.11 Å². The van der Waals surface area contributed by atoms with E-state index < -0.39 is 0 Å². The topological polar surface area (TPSA) is 21.8 Å². The van der Waals surface area contributed by atoms with Gasteiger partial charge in [0.15, 0.2) is 0 Å². The highest BCUT2D eigenvalue weighted by Gasteiger charge is 2.76. The van der Waals surface area contributed by atoms with E-state index >= 15 is 0 Å². The van der Waals surface area contributed by atoms with Crippen molar-refractivity contribution in [3.05, 3.63) is 0 Å². The Morgan fingerprint density at radius 3 is 2.50 bits per heavy atom. The SMILES string of the molecule is CO[C@@H]1CC[C@]2(C)[C@@H]3CC[C@@]4(C)[C@@H](CC[C@H]4[C@H](C)CCCC(C)C)[C@H]3C[C@@H]3O[C@@]32C1. The molecule has 172 valence electrons. The highest BCUT2D eigenvalue weighted by Crippen LogP contribution is 2.74. The Morgan fingerprint density at radius 2 is 1.77 bits per heavy atom. The molecule has 0 aromatic carbocycles. The number of epoxide rings is 1. The molecule has 5 fully saturated rings. The van der Waals surface area contributed by atoms with Crippen LogP contribution in [0.15, 0.2) is 0 Å². The molecule has 0 radical (unpaired) electrons. The van der Waals surface area contributed by atoms with E-state index in [0.29, 0.717) is 23.0 Å². The second-order valence-electron chi connectivity index (χ2n) is 13.2. The van der Waals surface area contributed by atoms with Gasteiger partial charge in [0.1, 0.15) is 5.60 Å². The summed E-state index contributed by atoms with van der Waals surface area (Å²) in [5.74, 6) is 5.48. The van der Waals surface area contributed by atoms with Gasteiger partial charge in [0, 0.05) is 18.9 Å². The van der Waals surface area contributed by atoms with Gasteiger partial charge in [-0.1, -0.05) is 53.9 Å². The third kappa shape index (κ3) is 3.01. The summed E-state index contributed by atoms with van der Waals surface area (Å²) in [4.78, 5) is 0. The number of fused-ring (bicyclic) bond motifs is 4. The zero-order valence-corrected chi connectivity index (χ0v) is 20.7. The normalized spacial score (nSPS) is 52.9. The minimum atomic E-state index is 0.170. The maximum absolute atomic E-state index is 6.65. The molecule has 30 heavy (non-hydrogen) atoms. The van der Waals surface area contributed by atoms with Crippen LogP contribution in [0.3, 0.4) is 0 Å². The van der Waals surface area contributed by atoms with Crippen LogP contribution in [0.1, 0.15) is 105 Å². The summed E-state index contributed by atoms with van der Waals surface area (Å²) in [7, 11) is 1.90.